The SMILES string of the molecule is O=C(O)c1cc(NC(=O)C2CC(F)(F)C2)ccc1O. The first-order chi connectivity index (χ1) is 8.78. The van der Waals surface area contributed by atoms with Crippen molar-refractivity contribution in [2.45, 2.75) is 18.8 Å². The molecule has 102 valence electrons. The Morgan fingerprint density at radius 2 is 1.95 bits per heavy atom. The largest absolute Gasteiger partial charge is 0.507 e. The van der Waals surface area contributed by atoms with Crippen molar-refractivity contribution in [3.63, 3.8) is 0 Å². The quantitative estimate of drug-likeness (QED) is 0.734. The fourth-order valence-electron chi connectivity index (χ4n) is 1.88. The number of benzene rings is 1. The average Bonchev–Trinajstić information content (AvgIpc) is 2.28. The van der Waals surface area contributed by atoms with Crippen molar-refractivity contribution in [1.29, 1.82) is 0 Å². The third-order valence-electron chi connectivity index (χ3n) is 2.96. The van der Waals surface area contributed by atoms with Gasteiger partial charge in [-0.05, 0) is 18.2 Å². The van der Waals surface area contributed by atoms with Gasteiger partial charge in [0.15, 0.2) is 0 Å². The summed E-state index contributed by atoms with van der Waals surface area (Å²) in [6.45, 7) is 0. The molecule has 0 radical (unpaired) electrons. The van der Waals surface area contributed by atoms with E-state index in [1.165, 1.54) is 6.07 Å². The average molecular weight is 271 g/mol. The molecule has 19 heavy (non-hydrogen) atoms. The van der Waals surface area contributed by atoms with E-state index in [1.807, 2.05) is 0 Å². The maximum absolute atomic E-state index is 12.6. The molecule has 1 fully saturated rings. The molecule has 5 nitrogen and oxygen atoms in total. The third-order valence-corrected chi connectivity index (χ3v) is 2.96. The Hall–Kier alpha value is -2.18. The number of alkyl halides is 2. The van der Waals surface area contributed by atoms with Crippen LogP contribution in [0.25, 0.3) is 0 Å². The molecule has 1 saturated carbocycles. The van der Waals surface area contributed by atoms with E-state index >= 15 is 0 Å². The second-order valence-electron chi connectivity index (χ2n) is 4.49. The van der Waals surface area contributed by atoms with E-state index in [9.17, 15) is 23.5 Å². The van der Waals surface area contributed by atoms with Crippen LogP contribution >= 0.6 is 0 Å². The van der Waals surface area contributed by atoms with Crippen molar-refractivity contribution < 1.29 is 28.6 Å². The Bertz CT molecular complexity index is 537. The van der Waals surface area contributed by atoms with Gasteiger partial charge in [0.25, 0.3) is 0 Å². The molecule has 2 rings (SSSR count). The van der Waals surface area contributed by atoms with Crippen LogP contribution in [0.1, 0.15) is 23.2 Å². The van der Waals surface area contributed by atoms with Crippen molar-refractivity contribution in [3.05, 3.63) is 23.8 Å². The zero-order valence-corrected chi connectivity index (χ0v) is 9.69. The van der Waals surface area contributed by atoms with Crippen LogP contribution in [0, 0.1) is 5.92 Å². The minimum Gasteiger partial charge on any atom is -0.507 e. The molecule has 1 aliphatic rings. The molecule has 1 aromatic rings. The second-order valence-corrected chi connectivity index (χ2v) is 4.49. The minimum absolute atomic E-state index is 0.149. The fraction of sp³-hybridized carbons (Fsp3) is 0.333. The van der Waals surface area contributed by atoms with Crippen LogP contribution in [-0.2, 0) is 4.79 Å². The zero-order valence-electron chi connectivity index (χ0n) is 9.69. The fourth-order valence-corrected chi connectivity index (χ4v) is 1.88. The summed E-state index contributed by atoms with van der Waals surface area (Å²) in [4.78, 5) is 22.4. The highest BCUT2D eigenvalue weighted by Crippen LogP contribution is 2.42. The predicted molar refractivity (Wildman–Crippen MR) is 61.4 cm³/mol. The number of halogens is 2. The smallest absolute Gasteiger partial charge is 0.339 e. The topological polar surface area (TPSA) is 86.6 Å². The summed E-state index contributed by atoms with van der Waals surface area (Å²) < 4.78 is 25.2. The predicted octanol–water partition coefficient (Wildman–Crippen LogP) is 2.07. The van der Waals surface area contributed by atoms with Crippen LogP contribution in [-0.4, -0.2) is 28.0 Å². The van der Waals surface area contributed by atoms with E-state index in [0.717, 1.165) is 12.1 Å². The van der Waals surface area contributed by atoms with Gasteiger partial charge in [0, 0.05) is 24.4 Å². The van der Waals surface area contributed by atoms with Crippen LogP contribution in [0.15, 0.2) is 18.2 Å². The number of hydrogen-bond donors (Lipinski definition) is 3. The first-order valence-corrected chi connectivity index (χ1v) is 5.53. The zero-order chi connectivity index (χ0) is 14.2. The third kappa shape index (κ3) is 2.81. The van der Waals surface area contributed by atoms with Gasteiger partial charge in [-0.2, -0.15) is 0 Å². The Morgan fingerprint density at radius 3 is 2.47 bits per heavy atom. The molecule has 0 aromatic heterocycles. The number of carboxylic acids is 1. The number of carbonyl (C=O) groups is 2. The molecule has 1 aromatic carbocycles. The number of carbonyl (C=O) groups excluding carboxylic acids is 1. The van der Waals surface area contributed by atoms with Gasteiger partial charge >= 0.3 is 5.97 Å². The number of anilines is 1. The van der Waals surface area contributed by atoms with Gasteiger partial charge in [-0.25, -0.2) is 13.6 Å². The highest BCUT2D eigenvalue weighted by molar-refractivity contribution is 5.96. The van der Waals surface area contributed by atoms with E-state index < -0.39 is 42.3 Å². The van der Waals surface area contributed by atoms with Crippen molar-refractivity contribution in [2.75, 3.05) is 5.32 Å². The molecule has 0 spiro atoms. The molecule has 3 N–H and O–H groups in total. The van der Waals surface area contributed by atoms with Crippen LogP contribution in [0.5, 0.6) is 5.75 Å². The highest BCUT2D eigenvalue weighted by atomic mass is 19.3. The van der Waals surface area contributed by atoms with Gasteiger partial charge in [-0.3, -0.25) is 4.79 Å². The van der Waals surface area contributed by atoms with E-state index in [2.05, 4.69) is 5.32 Å². The summed E-state index contributed by atoms with van der Waals surface area (Å²) in [7, 11) is 0. The van der Waals surface area contributed by atoms with Gasteiger partial charge in [-0.1, -0.05) is 0 Å². The molecule has 0 unspecified atom stereocenters. The van der Waals surface area contributed by atoms with Crippen LogP contribution in [0.4, 0.5) is 14.5 Å². The van der Waals surface area contributed by atoms with Crippen molar-refractivity contribution in [2.24, 2.45) is 5.92 Å². The molecule has 0 saturated heterocycles. The van der Waals surface area contributed by atoms with Crippen LogP contribution in [0.3, 0.4) is 0 Å². The number of rotatable bonds is 3. The van der Waals surface area contributed by atoms with Crippen molar-refractivity contribution in [1.82, 2.24) is 0 Å². The summed E-state index contributed by atoms with van der Waals surface area (Å²) in [5.41, 5.74) is -0.216. The van der Waals surface area contributed by atoms with Gasteiger partial charge in [0.2, 0.25) is 11.8 Å². The molecule has 0 bridgehead atoms. The van der Waals surface area contributed by atoms with Gasteiger partial charge in [0.05, 0.1) is 0 Å². The Balaban J connectivity index is 2.06. The number of carboxylic acid groups (broad SMARTS) is 1. The molecule has 0 atom stereocenters. The number of amides is 1. The van der Waals surface area contributed by atoms with E-state index in [-0.39, 0.29) is 11.3 Å². The maximum Gasteiger partial charge on any atom is 0.339 e. The molecule has 7 heteroatoms. The Labute approximate surface area is 106 Å². The van der Waals surface area contributed by atoms with Gasteiger partial charge in [0.1, 0.15) is 11.3 Å². The highest BCUT2D eigenvalue weighted by Gasteiger charge is 2.48. The lowest BCUT2D eigenvalue weighted by Gasteiger charge is -2.33. The summed E-state index contributed by atoms with van der Waals surface area (Å²) in [6, 6.07) is 3.50. The lowest BCUT2D eigenvalue weighted by atomic mass is 9.81. The second kappa shape index (κ2) is 4.49. The number of nitrogens with one attached hydrogen (secondary N) is 1. The van der Waals surface area contributed by atoms with Crippen LogP contribution < -0.4 is 5.32 Å². The number of aromatic carboxylic acids is 1. The van der Waals surface area contributed by atoms with E-state index in [0.29, 0.717) is 0 Å². The molecular weight excluding hydrogens is 260 g/mol. The minimum atomic E-state index is -2.79. The number of aromatic hydroxyl groups is 1. The Kier molecular flexibility index (Phi) is 3.13. The van der Waals surface area contributed by atoms with Crippen molar-refractivity contribution in [3.8, 4) is 5.75 Å². The first-order valence-electron chi connectivity index (χ1n) is 5.53. The van der Waals surface area contributed by atoms with Crippen molar-refractivity contribution >= 4 is 17.6 Å². The first kappa shape index (κ1) is 13.3. The molecule has 0 aliphatic heterocycles. The van der Waals surface area contributed by atoms with E-state index in [4.69, 9.17) is 5.11 Å². The normalized spacial score (nSPS) is 17.6. The lowest BCUT2D eigenvalue weighted by Crippen LogP contribution is -2.42. The number of phenols is 1. The molecule has 0 heterocycles. The van der Waals surface area contributed by atoms with Crippen LogP contribution in [0.2, 0.25) is 0 Å². The van der Waals surface area contributed by atoms with Gasteiger partial charge in [-0.15, -0.1) is 0 Å². The monoisotopic (exact) mass is 271 g/mol. The molecule has 1 amide bonds. The Morgan fingerprint density at radius 1 is 1.32 bits per heavy atom. The lowest BCUT2D eigenvalue weighted by molar-refractivity contribution is -0.145. The maximum atomic E-state index is 12.6. The molecule has 1 aliphatic carbocycles. The standard InChI is InChI=1S/C12H11F2NO4/c13-12(14)4-6(5-12)10(17)15-7-1-2-9(16)8(3-7)11(18)19/h1-3,6,16H,4-5H2,(H,15,17)(H,18,19). The summed E-state index contributed by atoms with van der Waals surface area (Å²) >= 11 is 0. The van der Waals surface area contributed by atoms with E-state index in [1.54, 1.807) is 0 Å². The summed E-state index contributed by atoms with van der Waals surface area (Å²) in [5.74, 6) is -5.90. The summed E-state index contributed by atoms with van der Waals surface area (Å²) in [6.07, 6.45) is -0.995. The molecular formula is C12H11F2NO4. The number of hydrogen-bond acceptors (Lipinski definition) is 3. The summed E-state index contributed by atoms with van der Waals surface area (Å²) in [5, 5.41) is 20.4. The van der Waals surface area contributed by atoms with Gasteiger partial charge < -0.3 is 15.5 Å².